The van der Waals surface area contributed by atoms with Crippen molar-refractivity contribution in [3.05, 3.63) is 46.1 Å². The molecule has 1 nitrogen and oxygen atoms in total. The predicted octanol–water partition coefficient (Wildman–Crippen LogP) is 7.94. The minimum atomic E-state index is 0.130. The van der Waals surface area contributed by atoms with Gasteiger partial charge < -0.3 is 0 Å². The summed E-state index contributed by atoms with van der Waals surface area (Å²) in [6.45, 7) is 20.3. The van der Waals surface area contributed by atoms with E-state index in [2.05, 4.69) is 48.5 Å². The van der Waals surface area contributed by atoms with E-state index in [1.807, 2.05) is 32.0 Å². The molecular weight excluding hydrogens is 340 g/mol. The highest BCUT2D eigenvalue weighted by atomic mass is 16.1. The monoisotopic (exact) mass is 386 g/mol. The first kappa shape index (κ1) is 24.9. The van der Waals surface area contributed by atoms with Gasteiger partial charge in [0, 0.05) is 5.56 Å². The third-order valence-electron chi connectivity index (χ3n) is 6.43. The summed E-state index contributed by atoms with van der Waals surface area (Å²) >= 11 is 0. The highest BCUT2D eigenvalue weighted by molar-refractivity contribution is 5.17. The summed E-state index contributed by atoms with van der Waals surface area (Å²) in [6, 6.07) is 9.03. The summed E-state index contributed by atoms with van der Waals surface area (Å²) in [5.74, 6) is 5.24. The summed E-state index contributed by atoms with van der Waals surface area (Å²) in [5.41, 5.74) is 1.71. The van der Waals surface area contributed by atoms with Gasteiger partial charge in [0.15, 0.2) is 5.43 Å². The largest absolute Gasteiger partial charge is 0.290 e. The quantitative estimate of drug-likeness (QED) is 0.515. The smallest absolute Gasteiger partial charge is 0.182 e. The highest BCUT2D eigenvalue weighted by Crippen LogP contribution is 2.62. The van der Waals surface area contributed by atoms with Crippen LogP contribution in [-0.2, 0) is 0 Å². The summed E-state index contributed by atoms with van der Waals surface area (Å²) < 4.78 is 0. The molecule has 3 unspecified atom stereocenters. The Labute approximate surface area is 175 Å². The lowest BCUT2D eigenvalue weighted by Gasteiger charge is -2.60. The minimum Gasteiger partial charge on any atom is -0.290 e. The molecule has 0 spiro atoms. The van der Waals surface area contributed by atoms with Gasteiger partial charge in [-0.2, -0.15) is 0 Å². The van der Waals surface area contributed by atoms with Gasteiger partial charge in [-0.1, -0.05) is 86.6 Å². The van der Waals surface area contributed by atoms with Gasteiger partial charge in [0.05, 0.1) is 0 Å². The molecule has 0 heterocycles. The zero-order chi connectivity index (χ0) is 21.5. The molecule has 0 saturated heterocycles. The van der Waals surface area contributed by atoms with Crippen molar-refractivity contribution in [3.63, 3.8) is 0 Å². The van der Waals surface area contributed by atoms with Crippen LogP contribution >= 0.6 is 0 Å². The van der Waals surface area contributed by atoms with Crippen LogP contribution in [0.15, 0.2) is 35.1 Å². The number of hydrogen-bond donors (Lipinski definition) is 0. The molecule has 28 heavy (non-hydrogen) atoms. The third-order valence-corrected chi connectivity index (χ3v) is 6.43. The van der Waals surface area contributed by atoms with Crippen LogP contribution < -0.4 is 5.43 Å². The second kappa shape index (κ2) is 11.2. The van der Waals surface area contributed by atoms with E-state index >= 15 is 0 Å². The van der Waals surface area contributed by atoms with Crippen molar-refractivity contribution in [3.8, 4) is 0 Å². The van der Waals surface area contributed by atoms with Gasteiger partial charge in [-0.05, 0) is 72.7 Å². The van der Waals surface area contributed by atoms with Crippen LogP contribution in [-0.4, -0.2) is 0 Å². The zero-order valence-electron chi connectivity index (χ0n) is 20.1. The van der Waals surface area contributed by atoms with E-state index in [1.165, 1.54) is 19.3 Å². The van der Waals surface area contributed by atoms with Crippen LogP contribution in [0.2, 0.25) is 0 Å². The summed E-state index contributed by atoms with van der Waals surface area (Å²) in [6.07, 6.45) is 6.06. The van der Waals surface area contributed by atoms with E-state index < -0.39 is 0 Å². The van der Waals surface area contributed by atoms with Gasteiger partial charge in [0.25, 0.3) is 0 Å². The lowest BCUT2D eigenvalue weighted by atomic mass is 9.45. The van der Waals surface area contributed by atoms with Crippen LogP contribution in [0.4, 0.5) is 0 Å². The van der Waals surface area contributed by atoms with Gasteiger partial charge in [0.2, 0.25) is 0 Å². The van der Waals surface area contributed by atoms with E-state index in [0.717, 1.165) is 35.2 Å². The molecule has 2 bridgehead atoms. The van der Waals surface area contributed by atoms with Crippen LogP contribution in [0.25, 0.3) is 0 Å². The van der Waals surface area contributed by atoms with Crippen molar-refractivity contribution in [1.29, 1.82) is 0 Å². The first-order valence-electron chi connectivity index (χ1n) is 11.6. The van der Waals surface area contributed by atoms with E-state index in [1.54, 1.807) is 18.6 Å². The Hall–Kier alpha value is -1.11. The zero-order valence-corrected chi connectivity index (χ0v) is 20.1. The molecule has 3 fully saturated rings. The molecule has 3 atom stereocenters. The van der Waals surface area contributed by atoms with Crippen LogP contribution in [0.1, 0.15) is 99.5 Å². The predicted molar refractivity (Wildman–Crippen MR) is 125 cm³/mol. The Morgan fingerprint density at radius 2 is 1.50 bits per heavy atom. The van der Waals surface area contributed by atoms with Crippen molar-refractivity contribution in [2.75, 3.05) is 0 Å². The van der Waals surface area contributed by atoms with Gasteiger partial charge >= 0.3 is 0 Å². The maximum absolute atomic E-state index is 11.3. The molecular formula is C27H46O. The summed E-state index contributed by atoms with van der Waals surface area (Å²) in [7, 11) is 0. The molecule has 3 saturated carbocycles. The number of hydrogen-bond acceptors (Lipinski definition) is 1. The van der Waals surface area contributed by atoms with Crippen molar-refractivity contribution < 1.29 is 0 Å². The van der Waals surface area contributed by atoms with Crippen LogP contribution in [0.3, 0.4) is 0 Å². The van der Waals surface area contributed by atoms with Crippen LogP contribution in [0, 0.1) is 35.0 Å². The molecule has 3 aliphatic carbocycles. The molecule has 1 aromatic rings. The summed E-state index contributed by atoms with van der Waals surface area (Å²) in [5, 5.41) is 0. The Balaban J connectivity index is 0.000000239. The molecule has 0 aliphatic heterocycles. The van der Waals surface area contributed by atoms with Gasteiger partial charge in [-0.25, -0.2) is 0 Å². The fourth-order valence-corrected chi connectivity index (χ4v) is 4.87. The van der Waals surface area contributed by atoms with Crippen molar-refractivity contribution in [2.45, 2.75) is 93.9 Å². The maximum atomic E-state index is 11.3. The van der Waals surface area contributed by atoms with Gasteiger partial charge in [0.1, 0.15) is 0 Å². The Bertz CT molecular complexity index is 621. The van der Waals surface area contributed by atoms with E-state index in [4.69, 9.17) is 0 Å². The topological polar surface area (TPSA) is 17.1 Å². The normalized spacial score (nSPS) is 24.6. The summed E-state index contributed by atoms with van der Waals surface area (Å²) in [4.78, 5) is 11.3. The second-order valence-corrected chi connectivity index (χ2v) is 10.9. The molecule has 0 amide bonds. The average molecular weight is 387 g/mol. The Kier molecular flexibility index (Phi) is 9.95. The van der Waals surface area contributed by atoms with E-state index in [9.17, 15) is 4.79 Å². The second-order valence-electron chi connectivity index (χ2n) is 10.9. The first-order chi connectivity index (χ1) is 13.0. The fraction of sp³-hybridized carbons (Fsp3) is 0.741. The molecule has 1 heteroatoms. The SMILES string of the molecule is CC(C)C.CC(C)CC1CCC2CC1C2(C)C.CC(C)c1cccccc1=O. The van der Waals surface area contributed by atoms with Crippen molar-refractivity contribution in [2.24, 2.45) is 35.0 Å². The van der Waals surface area contributed by atoms with E-state index in [0.29, 0.717) is 11.3 Å². The van der Waals surface area contributed by atoms with Crippen LogP contribution in [0.5, 0.6) is 0 Å². The van der Waals surface area contributed by atoms with E-state index in [-0.39, 0.29) is 5.43 Å². The minimum absolute atomic E-state index is 0.130. The number of fused-ring (bicyclic) bond motifs is 2. The molecule has 4 rings (SSSR count). The third kappa shape index (κ3) is 7.37. The molecule has 0 N–H and O–H groups in total. The first-order valence-corrected chi connectivity index (χ1v) is 11.6. The molecule has 160 valence electrons. The standard InChI is InChI=1S/C13H24.C10H12O.C4H10/c1-9(2)7-10-5-6-11-8-12(10)13(11,3)4;1-8(2)9-6-4-3-5-7-10(9)11;1-4(2)3/h9-12H,5-8H2,1-4H3;3-8H,1-2H3;4H,1-3H3. The average Bonchev–Trinajstić information content (AvgIpc) is 2.78. The number of rotatable bonds is 3. The molecule has 1 aromatic carbocycles. The Morgan fingerprint density at radius 1 is 0.929 bits per heavy atom. The Morgan fingerprint density at radius 3 is 1.96 bits per heavy atom. The fourth-order valence-electron chi connectivity index (χ4n) is 4.87. The van der Waals surface area contributed by atoms with Crippen molar-refractivity contribution in [1.82, 2.24) is 0 Å². The molecule has 3 aliphatic rings. The van der Waals surface area contributed by atoms with Gasteiger partial charge in [-0.15, -0.1) is 0 Å². The molecule has 0 radical (unpaired) electrons. The maximum Gasteiger partial charge on any atom is 0.182 e. The van der Waals surface area contributed by atoms with Crippen molar-refractivity contribution >= 4 is 0 Å². The lowest BCUT2D eigenvalue weighted by Crippen LogP contribution is -2.52. The van der Waals surface area contributed by atoms with Gasteiger partial charge in [-0.3, -0.25) is 4.79 Å². The highest BCUT2D eigenvalue weighted by Gasteiger charge is 2.53. The lowest BCUT2D eigenvalue weighted by molar-refractivity contribution is -0.109. The molecule has 0 aromatic heterocycles.